The molecule has 0 aromatic rings. The Balaban J connectivity index is 1.89. The van der Waals surface area contributed by atoms with Crippen molar-refractivity contribution in [3.05, 3.63) is 37.0 Å². The SMILES string of the molecule is C=CCNC(=O)C1C2CCC=CCCC=CCCC21. The third kappa shape index (κ3) is 4.09. The van der Waals surface area contributed by atoms with Crippen LogP contribution >= 0.6 is 0 Å². The van der Waals surface area contributed by atoms with Gasteiger partial charge in [0.05, 0.1) is 0 Å². The Labute approximate surface area is 116 Å². The van der Waals surface area contributed by atoms with Crippen LogP contribution in [0.1, 0.15) is 38.5 Å². The van der Waals surface area contributed by atoms with Gasteiger partial charge in [-0.15, -0.1) is 6.58 Å². The fraction of sp³-hybridized carbons (Fsp3) is 0.588. The molecule has 0 aromatic heterocycles. The van der Waals surface area contributed by atoms with Gasteiger partial charge in [-0.2, -0.15) is 0 Å². The zero-order chi connectivity index (χ0) is 13.5. The molecule has 1 fully saturated rings. The molecule has 1 N–H and O–H groups in total. The Bertz CT molecular complexity index is 345. The molecule has 0 radical (unpaired) electrons. The first-order valence-electron chi connectivity index (χ1n) is 7.53. The highest BCUT2D eigenvalue weighted by Gasteiger charge is 2.52. The molecule has 104 valence electrons. The highest BCUT2D eigenvalue weighted by molar-refractivity contribution is 5.82. The molecule has 2 unspecified atom stereocenters. The van der Waals surface area contributed by atoms with Gasteiger partial charge in [-0.25, -0.2) is 0 Å². The molecule has 0 aliphatic heterocycles. The molecule has 19 heavy (non-hydrogen) atoms. The van der Waals surface area contributed by atoms with Crippen molar-refractivity contribution >= 4 is 5.91 Å². The van der Waals surface area contributed by atoms with Crippen LogP contribution in [-0.4, -0.2) is 12.5 Å². The first-order valence-corrected chi connectivity index (χ1v) is 7.53. The number of carbonyl (C=O) groups excluding carboxylic acids is 1. The van der Waals surface area contributed by atoms with E-state index in [0.29, 0.717) is 18.4 Å². The lowest BCUT2D eigenvalue weighted by Gasteiger charge is -2.00. The number of rotatable bonds is 3. The van der Waals surface area contributed by atoms with Gasteiger partial charge in [0, 0.05) is 12.5 Å². The standard InChI is InChI=1S/C17H25NO/c1-2-13-18-17(19)16-14-11-9-7-5-3-4-6-8-10-12-15(14)16/h2,5-8,14-16H,1,3-4,9-13H2,(H,18,19). The zero-order valence-electron chi connectivity index (χ0n) is 11.7. The molecule has 2 aliphatic carbocycles. The Morgan fingerprint density at radius 2 is 1.58 bits per heavy atom. The predicted molar refractivity (Wildman–Crippen MR) is 79.7 cm³/mol. The van der Waals surface area contributed by atoms with Gasteiger partial charge >= 0.3 is 0 Å². The maximum atomic E-state index is 12.1. The van der Waals surface area contributed by atoms with E-state index in [1.54, 1.807) is 6.08 Å². The van der Waals surface area contributed by atoms with Crippen molar-refractivity contribution in [1.82, 2.24) is 5.32 Å². The number of carbonyl (C=O) groups is 1. The lowest BCUT2D eigenvalue weighted by atomic mass is 10.1. The number of allylic oxidation sites excluding steroid dienone is 4. The molecular formula is C17H25NO. The first-order chi connectivity index (χ1) is 9.34. The fourth-order valence-corrected chi connectivity index (χ4v) is 3.15. The predicted octanol–water partition coefficient (Wildman–Crippen LogP) is 3.62. The summed E-state index contributed by atoms with van der Waals surface area (Å²) in [5.41, 5.74) is 0. The maximum Gasteiger partial charge on any atom is 0.223 e. The summed E-state index contributed by atoms with van der Waals surface area (Å²) in [6.45, 7) is 4.24. The van der Waals surface area contributed by atoms with Crippen molar-refractivity contribution in [2.75, 3.05) is 6.54 Å². The van der Waals surface area contributed by atoms with Gasteiger partial charge in [0.15, 0.2) is 0 Å². The van der Waals surface area contributed by atoms with Gasteiger partial charge in [-0.1, -0.05) is 30.4 Å². The van der Waals surface area contributed by atoms with E-state index in [4.69, 9.17) is 0 Å². The maximum absolute atomic E-state index is 12.1. The molecule has 2 heteroatoms. The van der Waals surface area contributed by atoms with Crippen LogP contribution in [0, 0.1) is 17.8 Å². The molecule has 2 rings (SSSR count). The van der Waals surface area contributed by atoms with Gasteiger partial charge in [0.1, 0.15) is 0 Å². The Morgan fingerprint density at radius 1 is 1.05 bits per heavy atom. The van der Waals surface area contributed by atoms with E-state index >= 15 is 0 Å². The largest absolute Gasteiger partial charge is 0.352 e. The van der Waals surface area contributed by atoms with Crippen LogP contribution in [0.4, 0.5) is 0 Å². The second kappa shape index (κ2) is 7.32. The number of amides is 1. The van der Waals surface area contributed by atoms with E-state index in [-0.39, 0.29) is 11.8 Å². The van der Waals surface area contributed by atoms with E-state index < -0.39 is 0 Å². The molecule has 0 saturated heterocycles. The molecule has 2 atom stereocenters. The van der Waals surface area contributed by atoms with Gasteiger partial charge in [-0.05, 0) is 50.4 Å². The first kappa shape index (κ1) is 14.1. The van der Waals surface area contributed by atoms with Gasteiger partial charge < -0.3 is 5.32 Å². The second-order valence-corrected chi connectivity index (χ2v) is 5.56. The number of fused-ring (bicyclic) bond motifs is 1. The summed E-state index contributed by atoms with van der Waals surface area (Å²) in [6, 6.07) is 0. The minimum atomic E-state index is 0.234. The van der Waals surface area contributed by atoms with Crippen LogP contribution in [-0.2, 0) is 4.79 Å². The number of hydrogen-bond acceptors (Lipinski definition) is 1. The van der Waals surface area contributed by atoms with Gasteiger partial charge in [0.25, 0.3) is 0 Å². The molecule has 2 aliphatic rings. The highest BCUT2D eigenvalue weighted by atomic mass is 16.2. The minimum Gasteiger partial charge on any atom is -0.352 e. The van der Waals surface area contributed by atoms with E-state index in [9.17, 15) is 4.79 Å². The van der Waals surface area contributed by atoms with Crippen LogP contribution in [0.2, 0.25) is 0 Å². The topological polar surface area (TPSA) is 29.1 Å². The molecule has 0 heterocycles. The summed E-state index contributed by atoms with van der Waals surface area (Å²) in [4.78, 5) is 12.1. The van der Waals surface area contributed by atoms with Crippen LogP contribution in [0.15, 0.2) is 37.0 Å². The minimum absolute atomic E-state index is 0.234. The molecule has 2 nitrogen and oxygen atoms in total. The van der Waals surface area contributed by atoms with E-state index in [1.165, 1.54) is 0 Å². The smallest absolute Gasteiger partial charge is 0.223 e. The summed E-state index contributed by atoms with van der Waals surface area (Å²) >= 11 is 0. The second-order valence-electron chi connectivity index (χ2n) is 5.56. The lowest BCUT2D eigenvalue weighted by molar-refractivity contribution is -0.122. The Morgan fingerprint density at radius 3 is 2.11 bits per heavy atom. The molecular weight excluding hydrogens is 234 g/mol. The fourth-order valence-electron chi connectivity index (χ4n) is 3.15. The molecule has 1 saturated carbocycles. The van der Waals surface area contributed by atoms with E-state index in [0.717, 1.165) is 38.5 Å². The van der Waals surface area contributed by atoms with Crippen LogP contribution in [0.3, 0.4) is 0 Å². The summed E-state index contributed by atoms with van der Waals surface area (Å²) in [7, 11) is 0. The highest BCUT2D eigenvalue weighted by Crippen LogP contribution is 2.52. The van der Waals surface area contributed by atoms with Crippen molar-refractivity contribution in [2.45, 2.75) is 38.5 Å². The lowest BCUT2D eigenvalue weighted by Crippen LogP contribution is -2.26. The third-order valence-corrected chi connectivity index (χ3v) is 4.22. The van der Waals surface area contributed by atoms with Crippen molar-refractivity contribution in [1.29, 1.82) is 0 Å². The average molecular weight is 259 g/mol. The monoisotopic (exact) mass is 259 g/mol. The zero-order valence-corrected chi connectivity index (χ0v) is 11.7. The molecule has 0 bridgehead atoms. The van der Waals surface area contributed by atoms with Crippen molar-refractivity contribution in [3.8, 4) is 0 Å². The van der Waals surface area contributed by atoms with Gasteiger partial charge in [-0.3, -0.25) is 4.79 Å². The molecule has 0 aromatic carbocycles. The molecule has 0 spiro atoms. The quantitative estimate of drug-likeness (QED) is 0.771. The third-order valence-electron chi connectivity index (χ3n) is 4.22. The average Bonchev–Trinajstić information content (AvgIpc) is 3.08. The summed E-state index contributed by atoms with van der Waals surface area (Å²) in [5, 5.41) is 2.95. The van der Waals surface area contributed by atoms with Crippen molar-refractivity contribution in [3.63, 3.8) is 0 Å². The van der Waals surface area contributed by atoms with E-state index in [1.807, 2.05) is 0 Å². The summed E-state index contributed by atoms with van der Waals surface area (Å²) < 4.78 is 0. The molecule has 1 amide bonds. The van der Waals surface area contributed by atoms with Crippen LogP contribution in [0.25, 0.3) is 0 Å². The number of hydrogen-bond donors (Lipinski definition) is 1. The Hall–Kier alpha value is -1.31. The van der Waals surface area contributed by atoms with E-state index in [2.05, 4.69) is 36.2 Å². The van der Waals surface area contributed by atoms with Crippen LogP contribution < -0.4 is 5.32 Å². The van der Waals surface area contributed by atoms with Crippen LogP contribution in [0.5, 0.6) is 0 Å². The van der Waals surface area contributed by atoms with Gasteiger partial charge in [0.2, 0.25) is 5.91 Å². The normalized spacial score (nSPS) is 30.6. The summed E-state index contributed by atoms with van der Waals surface area (Å²) in [5.74, 6) is 1.69. The Kier molecular flexibility index (Phi) is 5.44. The van der Waals surface area contributed by atoms with Crippen molar-refractivity contribution in [2.24, 2.45) is 17.8 Å². The summed E-state index contributed by atoms with van der Waals surface area (Å²) in [6.07, 6.45) is 17.7. The number of nitrogens with one attached hydrogen (secondary N) is 1. The van der Waals surface area contributed by atoms with Crippen molar-refractivity contribution < 1.29 is 4.79 Å².